The highest BCUT2D eigenvalue weighted by Crippen LogP contribution is 2.23. The Morgan fingerprint density at radius 3 is 2.36 bits per heavy atom. The Morgan fingerprint density at radius 1 is 1.04 bits per heavy atom. The maximum atomic E-state index is 12.3. The standard InChI is InChI=1S/C19H22N2O3S/c1-13-8-4-5-9-15(13)21-19(23)14(2)25-12-18(22)20-16-10-6-7-11-17(16)24-3/h4-11,14H,12H2,1-3H3,(H,20,22)(H,21,23)/t14-/m1/s1. The van der Waals surface area contributed by atoms with Gasteiger partial charge in [-0.1, -0.05) is 30.3 Å². The van der Waals surface area contributed by atoms with Crippen LogP contribution in [0.15, 0.2) is 48.5 Å². The zero-order valence-electron chi connectivity index (χ0n) is 14.5. The first-order valence-electron chi connectivity index (χ1n) is 7.92. The van der Waals surface area contributed by atoms with E-state index in [0.29, 0.717) is 11.4 Å². The predicted molar refractivity (Wildman–Crippen MR) is 103 cm³/mol. The fourth-order valence-electron chi connectivity index (χ4n) is 2.16. The molecule has 0 fully saturated rings. The zero-order chi connectivity index (χ0) is 18.2. The van der Waals surface area contributed by atoms with Gasteiger partial charge < -0.3 is 15.4 Å². The van der Waals surface area contributed by atoms with E-state index in [4.69, 9.17) is 4.74 Å². The number of thioether (sulfide) groups is 1. The molecule has 132 valence electrons. The van der Waals surface area contributed by atoms with Crippen molar-refractivity contribution in [3.8, 4) is 5.75 Å². The molecule has 0 aliphatic rings. The van der Waals surface area contributed by atoms with Crippen molar-refractivity contribution >= 4 is 35.0 Å². The van der Waals surface area contributed by atoms with Gasteiger partial charge in [-0.25, -0.2) is 0 Å². The lowest BCUT2D eigenvalue weighted by Crippen LogP contribution is -2.25. The van der Waals surface area contributed by atoms with Gasteiger partial charge in [0.15, 0.2) is 0 Å². The third-order valence-corrected chi connectivity index (χ3v) is 4.76. The van der Waals surface area contributed by atoms with E-state index in [9.17, 15) is 9.59 Å². The van der Waals surface area contributed by atoms with Crippen molar-refractivity contribution in [2.75, 3.05) is 23.5 Å². The molecule has 0 unspecified atom stereocenters. The zero-order valence-corrected chi connectivity index (χ0v) is 15.4. The van der Waals surface area contributed by atoms with Crippen molar-refractivity contribution in [2.24, 2.45) is 0 Å². The fourth-order valence-corrected chi connectivity index (χ4v) is 2.84. The number of para-hydroxylation sites is 3. The number of ether oxygens (including phenoxy) is 1. The molecule has 0 aromatic heterocycles. The molecule has 0 saturated carbocycles. The molecule has 0 aliphatic heterocycles. The van der Waals surface area contributed by atoms with E-state index in [2.05, 4.69) is 10.6 Å². The number of anilines is 2. The van der Waals surface area contributed by atoms with Crippen LogP contribution in [0.2, 0.25) is 0 Å². The molecule has 0 bridgehead atoms. The predicted octanol–water partition coefficient (Wildman–Crippen LogP) is 3.70. The molecular weight excluding hydrogens is 336 g/mol. The molecule has 0 aliphatic carbocycles. The quantitative estimate of drug-likeness (QED) is 0.792. The topological polar surface area (TPSA) is 67.4 Å². The molecule has 5 nitrogen and oxygen atoms in total. The Balaban J connectivity index is 1.84. The van der Waals surface area contributed by atoms with Gasteiger partial charge in [-0.15, -0.1) is 11.8 Å². The summed E-state index contributed by atoms with van der Waals surface area (Å²) in [7, 11) is 1.55. The summed E-state index contributed by atoms with van der Waals surface area (Å²) in [6.45, 7) is 3.72. The Bertz CT molecular complexity index is 749. The number of benzene rings is 2. The van der Waals surface area contributed by atoms with E-state index < -0.39 is 0 Å². The number of aryl methyl sites for hydroxylation is 1. The van der Waals surface area contributed by atoms with Crippen LogP contribution in [0.4, 0.5) is 11.4 Å². The van der Waals surface area contributed by atoms with Crippen LogP contribution in [0.1, 0.15) is 12.5 Å². The number of amides is 2. The lowest BCUT2D eigenvalue weighted by Gasteiger charge is -2.14. The number of hydrogen-bond acceptors (Lipinski definition) is 4. The average Bonchev–Trinajstić information content (AvgIpc) is 2.62. The minimum absolute atomic E-state index is 0.121. The maximum Gasteiger partial charge on any atom is 0.237 e. The summed E-state index contributed by atoms with van der Waals surface area (Å²) in [5.74, 6) is 0.487. The van der Waals surface area contributed by atoms with Gasteiger partial charge in [-0.05, 0) is 37.6 Å². The van der Waals surface area contributed by atoms with E-state index in [1.54, 1.807) is 26.2 Å². The second kappa shape index (κ2) is 9.13. The number of carbonyl (C=O) groups is 2. The molecule has 6 heteroatoms. The maximum absolute atomic E-state index is 12.3. The van der Waals surface area contributed by atoms with Gasteiger partial charge in [0.05, 0.1) is 23.8 Å². The van der Waals surface area contributed by atoms with Crippen molar-refractivity contribution in [2.45, 2.75) is 19.1 Å². The number of rotatable bonds is 7. The average molecular weight is 358 g/mol. The molecule has 2 amide bonds. The van der Waals surface area contributed by atoms with Crippen molar-refractivity contribution in [3.63, 3.8) is 0 Å². The summed E-state index contributed by atoms with van der Waals surface area (Å²) in [6.07, 6.45) is 0. The number of methoxy groups -OCH3 is 1. The fraction of sp³-hybridized carbons (Fsp3) is 0.263. The Hall–Kier alpha value is -2.47. The van der Waals surface area contributed by atoms with Crippen LogP contribution < -0.4 is 15.4 Å². The Morgan fingerprint density at radius 2 is 1.68 bits per heavy atom. The second-order valence-electron chi connectivity index (χ2n) is 5.51. The molecule has 0 heterocycles. The van der Waals surface area contributed by atoms with E-state index in [0.717, 1.165) is 11.3 Å². The van der Waals surface area contributed by atoms with Gasteiger partial charge in [0, 0.05) is 5.69 Å². The van der Waals surface area contributed by atoms with Gasteiger partial charge in [-0.2, -0.15) is 0 Å². The number of hydrogen-bond donors (Lipinski definition) is 2. The van der Waals surface area contributed by atoms with E-state index in [1.165, 1.54) is 11.8 Å². The van der Waals surface area contributed by atoms with Crippen LogP contribution in [0.25, 0.3) is 0 Å². The normalized spacial score (nSPS) is 11.5. The minimum atomic E-state index is -0.344. The van der Waals surface area contributed by atoms with Crippen LogP contribution in [0.3, 0.4) is 0 Å². The first-order valence-corrected chi connectivity index (χ1v) is 8.97. The molecule has 0 radical (unpaired) electrons. The van der Waals surface area contributed by atoms with Gasteiger partial charge in [0.25, 0.3) is 0 Å². The molecule has 2 N–H and O–H groups in total. The van der Waals surface area contributed by atoms with E-state index in [-0.39, 0.29) is 22.8 Å². The van der Waals surface area contributed by atoms with Gasteiger partial charge >= 0.3 is 0 Å². The van der Waals surface area contributed by atoms with Crippen molar-refractivity contribution < 1.29 is 14.3 Å². The van der Waals surface area contributed by atoms with Gasteiger partial charge in [0.2, 0.25) is 11.8 Å². The van der Waals surface area contributed by atoms with Gasteiger partial charge in [0.1, 0.15) is 5.75 Å². The first-order chi connectivity index (χ1) is 12.0. The molecule has 2 aromatic carbocycles. The second-order valence-corrected chi connectivity index (χ2v) is 6.83. The molecule has 2 aromatic rings. The Kier molecular flexibility index (Phi) is 6.89. The number of nitrogens with one attached hydrogen (secondary N) is 2. The van der Waals surface area contributed by atoms with Crippen LogP contribution >= 0.6 is 11.8 Å². The lowest BCUT2D eigenvalue weighted by atomic mass is 10.2. The summed E-state index contributed by atoms with van der Waals surface area (Å²) >= 11 is 1.29. The van der Waals surface area contributed by atoms with Crippen molar-refractivity contribution in [3.05, 3.63) is 54.1 Å². The monoisotopic (exact) mass is 358 g/mol. The van der Waals surface area contributed by atoms with E-state index in [1.807, 2.05) is 43.3 Å². The molecule has 0 spiro atoms. The van der Waals surface area contributed by atoms with Crippen molar-refractivity contribution in [1.29, 1.82) is 0 Å². The molecule has 1 atom stereocenters. The van der Waals surface area contributed by atoms with E-state index >= 15 is 0 Å². The highest BCUT2D eigenvalue weighted by Gasteiger charge is 2.16. The lowest BCUT2D eigenvalue weighted by molar-refractivity contribution is -0.115. The van der Waals surface area contributed by atoms with Crippen LogP contribution in [0, 0.1) is 6.92 Å². The van der Waals surface area contributed by atoms with Crippen molar-refractivity contribution in [1.82, 2.24) is 0 Å². The summed E-state index contributed by atoms with van der Waals surface area (Å²) in [6, 6.07) is 14.8. The highest BCUT2D eigenvalue weighted by atomic mass is 32.2. The largest absolute Gasteiger partial charge is 0.495 e. The van der Waals surface area contributed by atoms with Crippen LogP contribution in [0.5, 0.6) is 5.75 Å². The van der Waals surface area contributed by atoms with Gasteiger partial charge in [-0.3, -0.25) is 9.59 Å². The molecule has 2 rings (SSSR count). The molecule has 25 heavy (non-hydrogen) atoms. The summed E-state index contributed by atoms with van der Waals surface area (Å²) in [5.41, 5.74) is 2.41. The summed E-state index contributed by atoms with van der Waals surface area (Å²) in [4.78, 5) is 24.4. The first kappa shape index (κ1) is 18.9. The van der Waals surface area contributed by atoms with Crippen LogP contribution in [-0.2, 0) is 9.59 Å². The SMILES string of the molecule is COc1ccccc1NC(=O)CS[C@H](C)C(=O)Nc1ccccc1C. The Labute approximate surface area is 152 Å². The molecular formula is C19H22N2O3S. The summed E-state index contributed by atoms with van der Waals surface area (Å²) in [5, 5.41) is 5.34. The highest BCUT2D eigenvalue weighted by molar-refractivity contribution is 8.01. The third-order valence-electron chi connectivity index (χ3n) is 3.62. The summed E-state index contributed by atoms with van der Waals surface area (Å²) < 4.78 is 5.20. The smallest absolute Gasteiger partial charge is 0.237 e. The molecule has 0 saturated heterocycles. The van der Waals surface area contributed by atoms with Crippen LogP contribution in [-0.4, -0.2) is 29.9 Å². The third kappa shape index (κ3) is 5.53. The minimum Gasteiger partial charge on any atom is -0.495 e. The number of carbonyl (C=O) groups excluding carboxylic acids is 2.